The highest BCUT2D eigenvalue weighted by molar-refractivity contribution is 14.0. The maximum absolute atomic E-state index is 5.39. The highest BCUT2D eigenvalue weighted by Crippen LogP contribution is 2.13. The number of rotatable bonds is 6. The Hall–Kier alpha value is -0.0800. The summed E-state index contributed by atoms with van der Waals surface area (Å²) in [4.78, 5) is 7.01. The van der Waals surface area contributed by atoms with Crippen LogP contribution in [0.4, 0.5) is 0 Å². The second-order valence-electron chi connectivity index (χ2n) is 5.82. The first-order valence-electron chi connectivity index (χ1n) is 7.26. The Balaban J connectivity index is 0.00000361. The molecule has 1 rings (SSSR count). The van der Waals surface area contributed by atoms with Gasteiger partial charge in [0.1, 0.15) is 0 Å². The quantitative estimate of drug-likeness (QED) is 0.406. The van der Waals surface area contributed by atoms with Crippen molar-refractivity contribution in [3.05, 3.63) is 0 Å². The molecular weight excluding hydrogens is 367 g/mol. The predicted octanol–water partition coefficient (Wildman–Crippen LogP) is 1.68. The topological polar surface area (TPSA) is 48.9 Å². The average molecular weight is 398 g/mol. The molecule has 1 unspecified atom stereocenters. The molecule has 1 atom stereocenters. The molecule has 1 fully saturated rings. The van der Waals surface area contributed by atoms with Crippen molar-refractivity contribution in [3.8, 4) is 0 Å². The minimum atomic E-state index is -0.216. The zero-order valence-electron chi connectivity index (χ0n) is 13.5. The Kier molecular flexibility index (Phi) is 9.74. The number of ether oxygens (including phenoxy) is 1. The van der Waals surface area contributed by atoms with Crippen molar-refractivity contribution in [3.63, 3.8) is 0 Å². The Morgan fingerprint density at radius 1 is 1.40 bits per heavy atom. The van der Waals surface area contributed by atoms with E-state index in [1.54, 1.807) is 7.11 Å². The normalized spacial score (nSPS) is 20.6. The summed E-state index contributed by atoms with van der Waals surface area (Å²) >= 11 is 0. The van der Waals surface area contributed by atoms with Crippen LogP contribution in [0, 0.1) is 0 Å². The molecule has 0 aromatic rings. The number of guanidine groups is 1. The third-order valence-electron chi connectivity index (χ3n) is 3.69. The van der Waals surface area contributed by atoms with Gasteiger partial charge in [0, 0.05) is 26.2 Å². The second kappa shape index (κ2) is 9.78. The molecule has 0 aromatic carbocycles. The number of hydrogen-bond donors (Lipinski definition) is 2. The van der Waals surface area contributed by atoms with Crippen molar-refractivity contribution in [1.29, 1.82) is 0 Å². The minimum Gasteiger partial charge on any atom is -0.377 e. The zero-order chi connectivity index (χ0) is 14.3. The summed E-state index contributed by atoms with van der Waals surface area (Å²) in [5, 5.41) is 6.71. The summed E-state index contributed by atoms with van der Waals surface area (Å²) in [6.07, 6.45) is 2.57. The molecule has 0 amide bonds. The molecule has 20 heavy (non-hydrogen) atoms. The molecular formula is C14H31IN4O. The highest BCUT2D eigenvalue weighted by atomic mass is 127. The van der Waals surface area contributed by atoms with Gasteiger partial charge in [0.05, 0.1) is 12.1 Å². The summed E-state index contributed by atoms with van der Waals surface area (Å²) in [7, 11) is 3.92. The molecule has 0 aliphatic carbocycles. The van der Waals surface area contributed by atoms with Crippen molar-refractivity contribution >= 4 is 29.9 Å². The molecule has 5 nitrogen and oxygen atoms in total. The number of nitrogens with one attached hydrogen (secondary N) is 2. The summed E-state index contributed by atoms with van der Waals surface area (Å²) in [5.74, 6) is 0.882. The van der Waals surface area contributed by atoms with Gasteiger partial charge >= 0.3 is 0 Å². The minimum absolute atomic E-state index is 0. The van der Waals surface area contributed by atoms with E-state index in [9.17, 15) is 0 Å². The molecule has 1 aliphatic heterocycles. The van der Waals surface area contributed by atoms with Crippen molar-refractivity contribution in [1.82, 2.24) is 15.5 Å². The number of nitrogens with zero attached hydrogens (tertiary/aromatic N) is 2. The lowest BCUT2D eigenvalue weighted by molar-refractivity contribution is 0.0310. The fourth-order valence-electron chi connectivity index (χ4n) is 2.13. The molecule has 120 valence electrons. The summed E-state index contributed by atoms with van der Waals surface area (Å²) in [6, 6.07) is 0.624. The lowest BCUT2D eigenvalue weighted by Crippen LogP contribution is -2.44. The average Bonchev–Trinajstić information content (AvgIpc) is 2.78. The fraction of sp³-hybridized carbons (Fsp3) is 0.929. The molecule has 6 heteroatoms. The summed E-state index contributed by atoms with van der Waals surface area (Å²) in [5.41, 5.74) is -0.216. The van der Waals surface area contributed by atoms with Crippen molar-refractivity contribution in [2.75, 3.05) is 40.3 Å². The van der Waals surface area contributed by atoms with Gasteiger partial charge in [0.25, 0.3) is 0 Å². The van der Waals surface area contributed by atoms with E-state index in [1.165, 1.54) is 19.4 Å². The first-order valence-corrected chi connectivity index (χ1v) is 7.26. The summed E-state index contributed by atoms with van der Waals surface area (Å²) < 4.78 is 5.39. The van der Waals surface area contributed by atoms with Gasteiger partial charge in [-0.1, -0.05) is 0 Å². The van der Waals surface area contributed by atoms with Crippen LogP contribution in [0.25, 0.3) is 0 Å². The number of aliphatic imine (C=N–C) groups is 1. The largest absolute Gasteiger partial charge is 0.377 e. The van der Waals surface area contributed by atoms with Crippen LogP contribution >= 0.6 is 24.0 Å². The monoisotopic (exact) mass is 398 g/mol. The van der Waals surface area contributed by atoms with Crippen molar-refractivity contribution in [2.24, 2.45) is 4.99 Å². The van der Waals surface area contributed by atoms with Crippen LogP contribution in [0.1, 0.15) is 33.6 Å². The van der Waals surface area contributed by atoms with Crippen LogP contribution in [0.2, 0.25) is 0 Å². The van der Waals surface area contributed by atoms with Crippen molar-refractivity contribution in [2.45, 2.75) is 45.3 Å². The molecule has 0 bridgehead atoms. The molecule has 0 saturated carbocycles. The van der Waals surface area contributed by atoms with Crippen LogP contribution in [0.5, 0.6) is 0 Å². The van der Waals surface area contributed by atoms with E-state index in [0.717, 1.165) is 19.0 Å². The lowest BCUT2D eigenvalue weighted by Gasteiger charge is -2.23. The lowest BCUT2D eigenvalue weighted by atomic mass is 10.1. The van der Waals surface area contributed by atoms with Gasteiger partial charge in [-0.25, -0.2) is 0 Å². The van der Waals surface area contributed by atoms with E-state index >= 15 is 0 Å². The molecule has 1 saturated heterocycles. The molecule has 2 N–H and O–H groups in total. The van der Waals surface area contributed by atoms with Crippen LogP contribution in [0.15, 0.2) is 4.99 Å². The number of likely N-dealkylation sites (N-methyl/N-ethyl adjacent to an activating group) is 1. The Labute approximate surface area is 140 Å². The van der Waals surface area contributed by atoms with Crippen molar-refractivity contribution < 1.29 is 4.74 Å². The van der Waals surface area contributed by atoms with Crippen LogP contribution in [0.3, 0.4) is 0 Å². The van der Waals surface area contributed by atoms with Crippen LogP contribution in [-0.4, -0.2) is 62.8 Å². The third kappa shape index (κ3) is 7.08. The Bertz CT molecular complexity index is 297. The number of hydrogen-bond acceptors (Lipinski definition) is 3. The first-order chi connectivity index (χ1) is 8.98. The molecule has 1 heterocycles. The van der Waals surface area contributed by atoms with E-state index in [1.807, 2.05) is 13.8 Å². The van der Waals surface area contributed by atoms with E-state index in [2.05, 4.69) is 34.5 Å². The Morgan fingerprint density at radius 2 is 2.10 bits per heavy atom. The van der Waals surface area contributed by atoms with Gasteiger partial charge in [-0.05, 0) is 47.2 Å². The van der Waals surface area contributed by atoms with Gasteiger partial charge in [-0.3, -0.25) is 4.99 Å². The Morgan fingerprint density at radius 3 is 2.60 bits per heavy atom. The van der Waals surface area contributed by atoms with Crippen LogP contribution in [-0.2, 0) is 4.74 Å². The van der Waals surface area contributed by atoms with Gasteiger partial charge in [0.2, 0.25) is 0 Å². The molecule has 0 aromatic heterocycles. The van der Waals surface area contributed by atoms with E-state index in [0.29, 0.717) is 12.6 Å². The van der Waals surface area contributed by atoms with Gasteiger partial charge in [0.15, 0.2) is 5.96 Å². The fourth-order valence-corrected chi connectivity index (χ4v) is 2.13. The highest BCUT2D eigenvalue weighted by Gasteiger charge is 2.21. The van der Waals surface area contributed by atoms with E-state index in [4.69, 9.17) is 4.74 Å². The van der Waals surface area contributed by atoms with E-state index < -0.39 is 0 Å². The maximum atomic E-state index is 5.39. The van der Waals surface area contributed by atoms with Gasteiger partial charge in [-0.15, -0.1) is 24.0 Å². The number of methoxy groups -OCH3 is 1. The standard InChI is InChI=1S/C14H30N4O.HI/c1-6-15-13(17-11-14(2,3)19-5)16-10-12-8-7-9-18(12)4;/h12H,6-11H2,1-5H3,(H2,15,16,17);1H. The second-order valence-corrected chi connectivity index (χ2v) is 5.82. The number of halogens is 1. The molecule has 0 spiro atoms. The SMILES string of the molecule is CCNC(=NCC(C)(C)OC)NCC1CCCN1C.I. The first kappa shape index (κ1) is 19.9. The zero-order valence-corrected chi connectivity index (χ0v) is 15.9. The van der Waals surface area contributed by atoms with Gasteiger partial charge in [-0.2, -0.15) is 0 Å². The predicted molar refractivity (Wildman–Crippen MR) is 96.1 cm³/mol. The van der Waals surface area contributed by atoms with Crippen LogP contribution < -0.4 is 10.6 Å². The number of likely N-dealkylation sites (tertiary alicyclic amines) is 1. The van der Waals surface area contributed by atoms with Gasteiger partial charge < -0.3 is 20.3 Å². The third-order valence-corrected chi connectivity index (χ3v) is 3.69. The van der Waals surface area contributed by atoms with E-state index in [-0.39, 0.29) is 29.6 Å². The summed E-state index contributed by atoms with van der Waals surface area (Å²) in [6.45, 7) is 9.86. The maximum Gasteiger partial charge on any atom is 0.191 e. The molecule has 0 radical (unpaired) electrons. The smallest absolute Gasteiger partial charge is 0.191 e. The molecule has 1 aliphatic rings.